The fourth-order valence-corrected chi connectivity index (χ4v) is 3.00. The molecule has 0 spiro atoms. The van der Waals surface area contributed by atoms with E-state index < -0.39 is 11.8 Å². The minimum Gasteiger partial charge on any atom is -0.497 e. The zero-order valence-corrected chi connectivity index (χ0v) is 16.7. The summed E-state index contributed by atoms with van der Waals surface area (Å²) >= 11 is 0. The van der Waals surface area contributed by atoms with Crippen LogP contribution in [0.4, 0.5) is 4.39 Å². The van der Waals surface area contributed by atoms with E-state index in [0.717, 1.165) is 0 Å². The molecule has 0 saturated heterocycles. The average molecular weight is 420 g/mol. The Morgan fingerprint density at radius 1 is 0.935 bits per heavy atom. The Morgan fingerprint density at radius 2 is 1.61 bits per heavy atom. The summed E-state index contributed by atoms with van der Waals surface area (Å²) in [7, 11) is 1.56. The van der Waals surface area contributed by atoms with Crippen LogP contribution < -0.4 is 19.6 Å². The zero-order chi connectivity index (χ0) is 22.0. The monoisotopic (exact) mass is 420 g/mol. The second kappa shape index (κ2) is 8.31. The highest BCUT2D eigenvalue weighted by molar-refractivity contribution is 5.92. The van der Waals surface area contributed by atoms with Gasteiger partial charge in [0, 0.05) is 6.07 Å². The lowest BCUT2D eigenvalue weighted by molar-refractivity contribution is 0.0730. The molecule has 1 heterocycles. The van der Waals surface area contributed by atoms with Crippen molar-refractivity contribution in [1.29, 1.82) is 0 Å². The van der Waals surface area contributed by atoms with Crippen molar-refractivity contribution < 1.29 is 27.8 Å². The Labute approximate surface area is 176 Å². The van der Waals surface area contributed by atoms with Crippen molar-refractivity contribution in [3.05, 3.63) is 94.1 Å². The fraction of sp³-hybridized carbons (Fsp3) is 0.0833. The lowest BCUT2D eigenvalue weighted by Gasteiger charge is -2.10. The van der Waals surface area contributed by atoms with Crippen LogP contribution >= 0.6 is 0 Å². The van der Waals surface area contributed by atoms with Crippen molar-refractivity contribution in [2.45, 2.75) is 6.92 Å². The smallest absolute Gasteiger partial charge is 0.346 e. The molecule has 0 aliphatic carbocycles. The third-order valence-electron chi connectivity index (χ3n) is 4.57. The first-order valence-corrected chi connectivity index (χ1v) is 9.32. The molecule has 4 rings (SSSR count). The third-order valence-corrected chi connectivity index (χ3v) is 4.57. The predicted octanol–water partition coefficient (Wildman–Crippen LogP) is 5.26. The van der Waals surface area contributed by atoms with Gasteiger partial charge in [0.2, 0.25) is 11.2 Å². The molecule has 0 aliphatic rings. The van der Waals surface area contributed by atoms with E-state index in [1.807, 2.05) is 0 Å². The summed E-state index contributed by atoms with van der Waals surface area (Å²) in [5.74, 6) is -0.00294. The molecular formula is C24H17FO6. The van der Waals surface area contributed by atoms with Gasteiger partial charge >= 0.3 is 5.97 Å². The Kier molecular flexibility index (Phi) is 5.41. The maximum atomic E-state index is 13.8. The summed E-state index contributed by atoms with van der Waals surface area (Å²) in [5, 5.41) is 0.250. The van der Waals surface area contributed by atoms with Crippen LogP contribution in [-0.4, -0.2) is 13.1 Å². The van der Waals surface area contributed by atoms with Crippen LogP contribution in [0.3, 0.4) is 0 Å². The van der Waals surface area contributed by atoms with Gasteiger partial charge in [0.25, 0.3) is 0 Å². The molecule has 0 atom stereocenters. The maximum absolute atomic E-state index is 13.8. The Bertz CT molecular complexity index is 1320. The van der Waals surface area contributed by atoms with E-state index >= 15 is 0 Å². The van der Waals surface area contributed by atoms with Crippen LogP contribution in [0.15, 0.2) is 75.9 Å². The molecule has 3 aromatic carbocycles. The van der Waals surface area contributed by atoms with Gasteiger partial charge < -0.3 is 18.6 Å². The minimum absolute atomic E-state index is 0.0498. The second-order valence-electron chi connectivity index (χ2n) is 6.62. The van der Waals surface area contributed by atoms with Gasteiger partial charge in [0.15, 0.2) is 0 Å². The van der Waals surface area contributed by atoms with E-state index in [-0.39, 0.29) is 39.2 Å². The summed E-state index contributed by atoms with van der Waals surface area (Å²) in [4.78, 5) is 25.1. The number of rotatable bonds is 5. The van der Waals surface area contributed by atoms with Crippen molar-refractivity contribution in [2.24, 2.45) is 0 Å². The van der Waals surface area contributed by atoms with Crippen molar-refractivity contribution in [1.82, 2.24) is 0 Å². The number of benzene rings is 3. The largest absolute Gasteiger partial charge is 0.497 e. The zero-order valence-electron chi connectivity index (χ0n) is 16.7. The van der Waals surface area contributed by atoms with E-state index in [4.69, 9.17) is 18.6 Å². The Hall–Kier alpha value is -4.13. The summed E-state index contributed by atoms with van der Waals surface area (Å²) in [6, 6.07) is 16.6. The summed E-state index contributed by atoms with van der Waals surface area (Å²) in [6.45, 7) is 1.59. The number of fused-ring (bicyclic) bond motifs is 1. The molecule has 31 heavy (non-hydrogen) atoms. The van der Waals surface area contributed by atoms with Crippen molar-refractivity contribution in [3.63, 3.8) is 0 Å². The maximum Gasteiger partial charge on any atom is 0.346 e. The van der Waals surface area contributed by atoms with E-state index in [0.29, 0.717) is 11.5 Å². The molecule has 0 N–H and O–H groups in total. The summed E-state index contributed by atoms with van der Waals surface area (Å²) < 4.78 is 35.6. The van der Waals surface area contributed by atoms with Crippen molar-refractivity contribution in [2.75, 3.05) is 7.11 Å². The standard InChI is InChI=1S/C24H17FO6/c1-14-23(30-16-9-7-15(28-2)8-10-16)22(26)19-12-11-17(13-21(19)29-14)31-24(27)18-5-3-4-6-20(18)25/h3-13H,1-2H3. The highest BCUT2D eigenvalue weighted by Gasteiger charge is 2.17. The molecule has 0 aliphatic heterocycles. The van der Waals surface area contributed by atoms with Crippen LogP contribution in [0.25, 0.3) is 11.0 Å². The van der Waals surface area contributed by atoms with Crippen molar-refractivity contribution >= 4 is 16.9 Å². The molecule has 0 bridgehead atoms. The fourth-order valence-electron chi connectivity index (χ4n) is 3.00. The van der Waals surface area contributed by atoms with Crippen LogP contribution in [0.2, 0.25) is 0 Å². The van der Waals surface area contributed by atoms with E-state index in [1.54, 1.807) is 38.3 Å². The first kappa shape index (κ1) is 20.2. The van der Waals surface area contributed by atoms with Crippen LogP contribution in [0.1, 0.15) is 16.1 Å². The topological polar surface area (TPSA) is 75.0 Å². The molecule has 0 fully saturated rings. The van der Waals surface area contributed by atoms with E-state index in [9.17, 15) is 14.0 Å². The van der Waals surface area contributed by atoms with Gasteiger partial charge in [-0.25, -0.2) is 9.18 Å². The Morgan fingerprint density at radius 3 is 2.32 bits per heavy atom. The number of ether oxygens (including phenoxy) is 3. The number of hydrogen-bond acceptors (Lipinski definition) is 6. The molecule has 0 unspecified atom stereocenters. The number of carbonyl (C=O) groups is 1. The lowest BCUT2D eigenvalue weighted by Crippen LogP contribution is -2.11. The lowest BCUT2D eigenvalue weighted by atomic mass is 10.2. The molecule has 6 nitrogen and oxygen atoms in total. The summed E-state index contributed by atoms with van der Waals surface area (Å²) in [6.07, 6.45) is 0. The SMILES string of the molecule is COc1ccc(Oc2c(C)oc3cc(OC(=O)c4ccccc4F)ccc3c2=O)cc1. The quantitative estimate of drug-likeness (QED) is 0.324. The van der Waals surface area contributed by atoms with Gasteiger partial charge in [0.05, 0.1) is 18.1 Å². The van der Waals surface area contributed by atoms with E-state index in [2.05, 4.69) is 0 Å². The van der Waals surface area contributed by atoms with E-state index in [1.165, 1.54) is 42.5 Å². The van der Waals surface area contributed by atoms with Crippen LogP contribution in [0.5, 0.6) is 23.0 Å². The molecule has 4 aromatic rings. The van der Waals surface area contributed by atoms with Gasteiger partial charge in [-0.3, -0.25) is 4.79 Å². The van der Waals surface area contributed by atoms with Crippen LogP contribution in [-0.2, 0) is 0 Å². The molecule has 156 valence electrons. The number of methoxy groups -OCH3 is 1. The predicted molar refractivity (Wildman–Crippen MR) is 112 cm³/mol. The number of aryl methyl sites for hydroxylation is 1. The van der Waals surface area contributed by atoms with Gasteiger partial charge in [-0.05, 0) is 55.5 Å². The van der Waals surface area contributed by atoms with Gasteiger partial charge in [-0.15, -0.1) is 0 Å². The highest BCUT2D eigenvalue weighted by Crippen LogP contribution is 2.28. The highest BCUT2D eigenvalue weighted by atomic mass is 19.1. The number of carbonyl (C=O) groups excluding carboxylic acids is 1. The van der Waals surface area contributed by atoms with Gasteiger partial charge in [-0.2, -0.15) is 0 Å². The van der Waals surface area contributed by atoms with Gasteiger partial charge in [-0.1, -0.05) is 12.1 Å². The first-order valence-electron chi connectivity index (χ1n) is 9.32. The molecule has 0 saturated carbocycles. The normalized spacial score (nSPS) is 10.7. The number of esters is 1. The van der Waals surface area contributed by atoms with Gasteiger partial charge in [0.1, 0.15) is 34.4 Å². The number of halogens is 1. The minimum atomic E-state index is -0.851. The average Bonchev–Trinajstić information content (AvgIpc) is 2.77. The summed E-state index contributed by atoms with van der Waals surface area (Å²) in [5.41, 5.74) is -0.353. The molecule has 7 heteroatoms. The van der Waals surface area contributed by atoms with Crippen molar-refractivity contribution in [3.8, 4) is 23.0 Å². The molecule has 1 aromatic heterocycles. The Balaban J connectivity index is 1.63. The second-order valence-corrected chi connectivity index (χ2v) is 6.62. The number of hydrogen-bond donors (Lipinski definition) is 0. The molecular weight excluding hydrogens is 403 g/mol. The molecule has 0 amide bonds. The van der Waals surface area contributed by atoms with Crippen LogP contribution in [0, 0.1) is 12.7 Å². The first-order chi connectivity index (χ1) is 15.0. The third kappa shape index (κ3) is 4.11. The molecule has 0 radical (unpaired) electrons.